The van der Waals surface area contributed by atoms with Crippen LogP contribution in [0.1, 0.15) is 54.4 Å². The zero-order chi connectivity index (χ0) is 23.7. The summed E-state index contributed by atoms with van der Waals surface area (Å²) in [6.07, 6.45) is -2.45. The van der Waals surface area contributed by atoms with Gasteiger partial charge in [-0.3, -0.25) is 0 Å². The number of fused-ring (bicyclic) bond motifs is 3. The molecular weight excluding hydrogens is 440 g/mol. The average molecular weight is 462 g/mol. The third kappa shape index (κ3) is 2.80. The van der Waals surface area contributed by atoms with Gasteiger partial charge < -0.3 is 0 Å². The van der Waals surface area contributed by atoms with E-state index in [-0.39, 0.29) is 36.0 Å². The number of alkyl halides is 4. The highest BCUT2D eigenvalue weighted by Crippen LogP contribution is 2.72. The Morgan fingerprint density at radius 3 is 1.78 bits per heavy atom. The van der Waals surface area contributed by atoms with Gasteiger partial charge in [0.2, 0.25) is 0 Å². The molecule has 174 valence electrons. The number of rotatable bonds is 4. The summed E-state index contributed by atoms with van der Waals surface area (Å²) in [5.41, 5.74) is -5.62. The maximum atomic E-state index is 15.4. The van der Waals surface area contributed by atoms with E-state index >= 15 is 17.6 Å². The molecule has 32 heavy (non-hydrogen) atoms. The van der Waals surface area contributed by atoms with Gasteiger partial charge in [-0.25, -0.2) is 17.6 Å². The Labute approximate surface area is 180 Å². The van der Waals surface area contributed by atoms with Crippen molar-refractivity contribution >= 4 is 0 Å². The molecule has 3 aliphatic rings. The summed E-state index contributed by atoms with van der Waals surface area (Å²) < 4.78 is 118. The van der Waals surface area contributed by atoms with E-state index in [1.54, 1.807) is 0 Å². The van der Waals surface area contributed by atoms with E-state index in [4.69, 9.17) is 0 Å². The molecule has 3 fully saturated rings. The first-order valence-corrected chi connectivity index (χ1v) is 10.5. The maximum Gasteiger partial charge on any atom is 0.320 e. The Bertz CT molecular complexity index is 1060. The molecule has 0 N–H and O–H groups in total. The zero-order valence-corrected chi connectivity index (χ0v) is 17.6. The Kier molecular flexibility index (Phi) is 5.18. The van der Waals surface area contributed by atoms with Crippen molar-refractivity contribution in [3.05, 3.63) is 69.8 Å². The van der Waals surface area contributed by atoms with Gasteiger partial charge in [0.05, 0.1) is 5.41 Å². The van der Waals surface area contributed by atoms with Gasteiger partial charge in [-0.2, -0.15) is 17.6 Å². The number of aryl methyl sites for hydroxylation is 3. The minimum Gasteiger partial charge on any atom is -0.203 e. The molecule has 3 saturated carbocycles. The lowest BCUT2D eigenvalue weighted by Gasteiger charge is -2.61. The Hall–Kier alpha value is -2.12. The van der Waals surface area contributed by atoms with Gasteiger partial charge in [0.1, 0.15) is 0 Å². The van der Waals surface area contributed by atoms with Crippen LogP contribution in [0, 0.1) is 42.5 Å². The first kappa shape index (κ1) is 23.1. The normalized spacial score (nSPS) is 28.2. The molecule has 0 radical (unpaired) electrons. The molecule has 0 unspecified atom stereocenters. The van der Waals surface area contributed by atoms with E-state index in [2.05, 4.69) is 0 Å². The molecule has 2 aromatic carbocycles. The summed E-state index contributed by atoms with van der Waals surface area (Å²) in [7, 11) is 0. The summed E-state index contributed by atoms with van der Waals surface area (Å²) in [5, 5.41) is 0. The van der Waals surface area contributed by atoms with Crippen LogP contribution in [0.4, 0.5) is 35.1 Å². The standard InChI is InChI=1S/C24H22F8/c1-13-3-5-15(19(27)17(13)25)7-8-21-9-11-22(12-10-21,24(31,32)23(21,29)30)16-6-4-14(2)18(26)20(16)28/h3-6H,7-12H2,1-2H3. The largest absolute Gasteiger partial charge is 0.320 e. The van der Waals surface area contributed by atoms with E-state index in [0.29, 0.717) is 0 Å². The van der Waals surface area contributed by atoms with Crippen molar-refractivity contribution < 1.29 is 35.1 Å². The molecule has 2 aromatic rings. The minimum atomic E-state index is -4.64. The smallest absolute Gasteiger partial charge is 0.203 e. The second-order valence-electron chi connectivity index (χ2n) is 9.24. The summed E-state index contributed by atoms with van der Waals surface area (Å²) in [4.78, 5) is 0. The van der Waals surface area contributed by atoms with Crippen LogP contribution in [0.15, 0.2) is 24.3 Å². The van der Waals surface area contributed by atoms with Gasteiger partial charge in [0.15, 0.2) is 23.3 Å². The first-order chi connectivity index (χ1) is 14.8. The molecular formula is C24H22F8. The van der Waals surface area contributed by atoms with Crippen molar-refractivity contribution in [2.24, 2.45) is 5.41 Å². The molecule has 8 heteroatoms. The van der Waals surface area contributed by atoms with Crippen molar-refractivity contribution in [1.29, 1.82) is 0 Å². The van der Waals surface area contributed by atoms with Gasteiger partial charge >= 0.3 is 11.8 Å². The second-order valence-corrected chi connectivity index (χ2v) is 9.24. The van der Waals surface area contributed by atoms with Crippen molar-refractivity contribution in [2.75, 3.05) is 0 Å². The van der Waals surface area contributed by atoms with Crippen molar-refractivity contribution in [3.63, 3.8) is 0 Å². The van der Waals surface area contributed by atoms with E-state index < -0.39 is 70.8 Å². The third-order valence-corrected chi connectivity index (χ3v) is 7.74. The van der Waals surface area contributed by atoms with Crippen LogP contribution < -0.4 is 0 Å². The van der Waals surface area contributed by atoms with Gasteiger partial charge in [-0.1, -0.05) is 24.3 Å². The summed E-state index contributed by atoms with van der Waals surface area (Å²) in [6.45, 7) is 2.61. The molecule has 2 bridgehead atoms. The molecule has 0 atom stereocenters. The van der Waals surface area contributed by atoms with Gasteiger partial charge in [0, 0.05) is 11.0 Å². The number of benzene rings is 2. The maximum absolute atomic E-state index is 15.4. The van der Waals surface area contributed by atoms with Crippen molar-refractivity contribution in [2.45, 2.75) is 69.6 Å². The monoisotopic (exact) mass is 462 g/mol. The van der Waals surface area contributed by atoms with Gasteiger partial charge in [-0.05, 0) is 69.1 Å². The number of hydrogen-bond donors (Lipinski definition) is 0. The molecule has 0 nitrogen and oxygen atoms in total. The summed E-state index contributed by atoms with van der Waals surface area (Å²) in [5.74, 6) is -14.3. The molecule has 0 amide bonds. The van der Waals surface area contributed by atoms with Crippen molar-refractivity contribution in [1.82, 2.24) is 0 Å². The lowest BCUT2D eigenvalue weighted by molar-refractivity contribution is -0.348. The minimum absolute atomic E-state index is 0.0498. The summed E-state index contributed by atoms with van der Waals surface area (Å²) >= 11 is 0. The Morgan fingerprint density at radius 2 is 1.19 bits per heavy atom. The second kappa shape index (κ2) is 7.19. The van der Waals surface area contributed by atoms with Crippen LogP contribution in [-0.2, 0) is 11.8 Å². The van der Waals surface area contributed by atoms with Crippen LogP contribution in [0.25, 0.3) is 0 Å². The molecule has 0 spiro atoms. The Balaban J connectivity index is 1.71. The molecule has 0 aliphatic heterocycles. The summed E-state index contributed by atoms with van der Waals surface area (Å²) in [6, 6.07) is 4.66. The highest BCUT2D eigenvalue weighted by molar-refractivity contribution is 5.39. The molecule has 3 aliphatic carbocycles. The highest BCUT2D eigenvalue weighted by atomic mass is 19.3. The average Bonchev–Trinajstić information content (AvgIpc) is 2.75. The van der Waals surface area contributed by atoms with E-state index in [1.165, 1.54) is 26.0 Å². The lowest BCUT2D eigenvalue weighted by atomic mass is 9.47. The molecule has 0 heterocycles. The molecule has 5 rings (SSSR count). The first-order valence-electron chi connectivity index (χ1n) is 10.5. The van der Waals surface area contributed by atoms with Crippen LogP contribution >= 0.6 is 0 Å². The van der Waals surface area contributed by atoms with Crippen molar-refractivity contribution in [3.8, 4) is 0 Å². The fourth-order valence-electron chi connectivity index (χ4n) is 5.53. The number of halogens is 8. The van der Waals surface area contributed by atoms with Crippen LogP contribution in [-0.4, -0.2) is 11.8 Å². The fraction of sp³-hybridized carbons (Fsp3) is 0.500. The number of hydrogen-bond acceptors (Lipinski definition) is 0. The van der Waals surface area contributed by atoms with Crippen LogP contribution in [0.3, 0.4) is 0 Å². The van der Waals surface area contributed by atoms with Gasteiger partial charge in [0.25, 0.3) is 0 Å². The third-order valence-electron chi connectivity index (χ3n) is 7.74. The predicted octanol–water partition coefficient (Wildman–Crippen LogP) is 7.58. The zero-order valence-electron chi connectivity index (χ0n) is 17.6. The highest BCUT2D eigenvalue weighted by Gasteiger charge is 2.81. The lowest BCUT2D eigenvalue weighted by Crippen LogP contribution is -2.71. The quantitative estimate of drug-likeness (QED) is 0.411. The fourth-order valence-corrected chi connectivity index (χ4v) is 5.53. The predicted molar refractivity (Wildman–Crippen MR) is 103 cm³/mol. The Morgan fingerprint density at radius 1 is 0.656 bits per heavy atom. The SMILES string of the molecule is Cc1ccc(CCC23CCC(c4ccc(C)c(F)c4F)(CC2)C(F)(F)C3(F)F)c(F)c1F. The van der Waals surface area contributed by atoms with E-state index in [1.807, 2.05) is 0 Å². The molecule has 0 saturated heterocycles. The van der Waals surface area contributed by atoms with E-state index in [9.17, 15) is 17.6 Å². The van der Waals surface area contributed by atoms with Gasteiger partial charge in [-0.15, -0.1) is 0 Å². The topological polar surface area (TPSA) is 0 Å². The van der Waals surface area contributed by atoms with Crippen LogP contribution in [0.2, 0.25) is 0 Å². The van der Waals surface area contributed by atoms with E-state index in [0.717, 1.165) is 12.1 Å². The molecule has 0 aromatic heterocycles. The van der Waals surface area contributed by atoms with Crippen LogP contribution in [0.5, 0.6) is 0 Å².